The van der Waals surface area contributed by atoms with Crippen molar-refractivity contribution in [1.82, 2.24) is 4.90 Å². The molecule has 0 aromatic heterocycles. The molecular formula is C12H15NO3S. The van der Waals surface area contributed by atoms with Crippen LogP contribution in [0.25, 0.3) is 0 Å². The third-order valence-corrected chi connectivity index (χ3v) is 4.13. The summed E-state index contributed by atoms with van der Waals surface area (Å²) >= 11 is 0. The van der Waals surface area contributed by atoms with E-state index in [0.717, 1.165) is 36.7 Å². The summed E-state index contributed by atoms with van der Waals surface area (Å²) in [6.45, 7) is 2.38. The second kappa shape index (κ2) is 5.42. The molecule has 5 heteroatoms. The molecule has 4 nitrogen and oxygen atoms in total. The summed E-state index contributed by atoms with van der Waals surface area (Å²) in [6.07, 6.45) is 0. The van der Waals surface area contributed by atoms with Crippen LogP contribution in [0, 0.1) is 0 Å². The van der Waals surface area contributed by atoms with Gasteiger partial charge in [0.1, 0.15) is 0 Å². The molecule has 2 rings (SSSR count). The van der Waals surface area contributed by atoms with Crippen LogP contribution in [-0.4, -0.2) is 44.8 Å². The maximum absolute atomic E-state index is 11.2. The Bertz CT molecular complexity index is 437. The Labute approximate surface area is 103 Å². The molecule has 1 N–H and O–H groups in total. The third kappa shape index (κ3) is 3.38. The van der Waals surface area contributed by atoms with Gasteiger partial charge in [-0.2, -0.15) is 0 Å². The van der Waals surface area contributed by atoms with Crippen LogP contribution in [0.3, 0.4) is 0 Å². The molecule has 0 amide bonds. The summed E-state index contributed by atoms with van der Waals surface area (Å²) in [5, 5.41) is 8.90. The van der Waals surface area contributed by atoms with Gasteiger partial charge in [-0.3, -0.25) is 9.11 Å². The summed E-state index contributed by atoms with van der Waals surface area (Å²) in [6, 6.07) is 6.99. The number of carboxylic acids is 1. The lowest BCUT2D eigenvalue weighted by atomic mass is 10.1. The first-order valence-electron chi connectivity index (χ1n) is 5.55. The highest BCUT2D eigenvalue weighted by molar-refractivity contribution is 7.85. The topological polar surface area (TPSA) is 57.6 Å². The molecule has 0 saturated carbocycles. The smallest absolute Gasteiger partial charge is 0.335 e. The summed E-state index contributed by atoms with van der Waals surface area (Å²) < 4.78 is 11.2. The number of carbonyl (C=O) groups is 1. The Balaban J connectivity index is 2.01. The van der Waals surface area contributed by atoms with Gasteiger partial charge >= 0.3 is 5.97 Å². The lowest BCUT2D eigenvalue weighted by Gasteiger charge is -2.26. The Kier molecular flexibility index (Phi) is 3.91. The van der Waals surface area contributed by atoms with E-state index < -0.39 is 16.8 Å². The molecular weight excluding hydrogens is 238 g/mol. The minimum absolute atomic E-state index is 0.322. The molecule has 1 aliphatic rings. The number of hydrogen-bond acceptors (Lipinski definition) is 3. The molecule has 0 bridgehead atoms. The molecule has 0 atom stereocenters. The van der Waals surface area contributed by atoms with Crippen molar-refractivity contribution in [3.8, 4) is 0 Å². The van der Waals surface area contributed by atoms with Crippen LogP contribution in [0.15, 0.2) is 24.3 Å². The average Bonchev–Trinajstić information content (AvgIpc) is 2.32. The van der Waals surface area contributed by atoms with E-state index in [9.17, 15) is 9.00 Å². The zero-order valence-corrected chi connectivity index (χ0v) is 10.3. The van der Waals surface area contributed by atoms with Crippen molar-refractivity contribution in [2.24, 2.45) is 0 Å². The molecule has 1 aliphatic heterocycles. The van der Waals surface area contributed by atoms with E-state index in [-0.39, 0.29) is 0 Å². The fourth-order valence-corrected chi connectivity index (χ4v) is 3.02. The second-order valence-electron chi connectivity index (χ2n) is 4.13. The van der Waals surface area contributed by atoms with Gasteiger partial charge in [0.25, 0.3) is 0 Å². The maximum atomic E-state index is 11.2. The van der Waals surface area contributed by atoms with Crippen LogP contribution in [0.4, 0.5) is 0 Å². The van der Waals surface area contributed by atoms with E-state index >= 15 is 0 Å². The highest BCUT2D eigenvalue weighted by Gasteiger charge is 2.15. The van der Waals surface area contributed by atoms with E-state index in [4.69, 9.17) is 5.11 Å². The van der Waals surface area contributed by atoms with Crippen molar-refractivity contribution in [3.05, 3.63) is 35.4 Å². The van der Waals surface area contributed by atoms with E-state index in [1.807, 2.05) is 6.07 Å². The third-order valence-electron chi connectivity index (χ3n) is 2.85. The highest BCUT2D eigenvalue weighted by Crippen LogP contribution is 2.10. The first-order valence-corrected chi connectivity index (χ1v) is 7.03. The Hall–Kier alpha value is -1.20. The van der Waals surface area contributed by atoms with Crippen LogP contribution in [0.2, 0.25) is 0 Å². The minimum Gasteiger partial charge on any atom is -0.478 e. The number of benzene rings is 1. The number of hydrogen-bond donors (Lipinski definition) is 1. The van der Waals surface area contributed by atoms with Gasteiger partial charge in [-0.1, -0.05) is 12.1 Å². The Morgan fingerprint density at radius 3 is 2.71 bits per heavy atom. The van der Waals surface area contributed by atoms with E-state index in [1.54, 1.807) is 18.2 Å². The van der Waals surface area contributed by atoms with E-state index in [1.165, 1.54) is 0 Å². The summed E-state index contributed by atoms with van der Waals surface area (Å²) in [5.41, 5.74) is 1.32. The fourth-order valence-electron chi connectivity index (χ4n) is 1.89. The lowest BCUT2D eigenvalue weighted by Crippen LogP contribution is -2.37. The molecule has 0 spiro atoms. The number of aromatic carboxylic acids is 1. The average molecular weight is 253 g/mol. The minimum atomic E-state index is -0.897. The van der Waals surface area contributed by atoms with Crippen LogP contribution in [0.5, 0.6) is 0 Å². The first-order chi connectivity index (χ1) is 8.15. The summed E-state index contributed by atoms with van der Waals surface area (Å²) in [4.78, 5) is 13.0. The Morgan fingerprint density at radius 2 is 2.06 bits per heavy atom. The van der Waals surface area contributed by atoms with Crippen molar-refractivity contribution in [1.29, 1.82) is 0 Å². The monoisotopic (exact) mass is 253 g/mol. The predicted molar refractivity (Wildman–Crippen MR) is 66.6 cm³/mol. The quantitative estimate of drug-likeness (QED) is 0.871. The van der Waals surface area contributed by atoms with Crippen molar-refractivity contribution >= 4 is 16.8 Å². The molecule has 1 heterocycles. The number of carboxylic acid groups (broad SMARTS) is 1. The Morgan fingerprint density at radius 1 is 1.35 bits per heavy atom. The normalized spacial score (nSPS) is 18.1. The van der Waals surface area contributed by atoms with Gasteiger partial charge in [0.2, 0.25) is 0 Å². The molecule has 1 fully saturated rings. The molecule has 1 aromatic carbocycles. The second-order valence-corrected chi connectivity index (χ2v) is 5.83. The van der Waals surface area contributed by atoms with Crippen LogP contribution >= 0.6 is 0 Å². The molecule has 17 heavy (non-hydrogen) atoms. The number of nitrogens with zero attached hydrogens (tertiary/aromatic N) is 1. The predicted octanol–water partition coefficient (Wildman–Crippen LogP) is 0.949. The first kappa shape index (κ1) is 12.3. The largest absolute Gasteiger partial charge is 0.478 e. The van der Waals surface area contributed by atoms with Crippen molar-refractivity contribution in [2.45, 2.75) is 6.54 Å². The maximum Gasteiger partial charge on any atom is 0.335 e. The zero-order valence-electron chi connectivity index (χ0n) is 9.46. The van der Waals surface area contributed by atoms with Gasteiger partial charge < -0.3 is 5.11 Å². The van der Waals surface area contributed by atoms with Crippen molar-refractivity contribution < 1.29 is 14.1 Å². The summed E-state index contributed by atoms with van der Waals surface area (Å²) in [5.74, 6) is 0.545. The van der Waals surface area contributed by atoms with Crippen molar-refractivity contribution in [3.63, 3.8) is 0 Å². The van der Waals surface area contributed by atoms with Gasteiger partial charge in [-0.05, 0) is 17.7 Å². The SMILES string of the molecule is O=C(O)c1cccc(CN2CCS(=O)CC2)c1. The number of rotatable bonds is 3. The molecule has 1 saturated heterocycles. The van der Waals surface area contributed by atoms with Crippen LogP contribution in [0.1, 0.15) is 15.9 Å². The summed E-state index contributed by atoms with van der Waals surface area (Å²) in [7, 11) is -0.666. The fraction of sp³-hybridized carbons (Fsp3) is 0.417. The van der Waals surface area contributed by atoms with Gasteiger partial charge in [0.15, 0.2) is 0 Å². The molecule has 0 unspecified atom stereocenters. The molecule has 0 radical (unpaired) electrons. The standard InChI is InChI=1S/C12H15NO3S/c14-12(15)11-3-1-2-10(8-11)9-13-4-6-17(16)7-5-13/h1-3,8H,4-7,9H2,(H,14,15). The zero-order chi connectivity index (χ0) is 12.3. The van der Waals surface area contributed by atoms with Crippen LogP contribution < -0.4 is 0 Å². The molecule has 1 aromatic rings. The molecule has 0 aliphatic carbocycles. The van der Waals surface area contributed by atoms with Gasteiger partial charge in [-0.25, -0.2) is 4.79 Å². The highest BCUT2D eigenvalue weighted by atomic mass is 32.2. The van der Waals surface area contributed by atoms with Gasteiger partial charge in [-0.15, -0.1) is 0 Å². The van der Waals surface area contributed by atoms with Gasteiger partial charge in [0, 0.05) is 41.9 Å². The van der Waals surface area contributed by atoms with Crippen LogP contribution in [-0.2, 0) is 17.3 Å². The van der Waals surface area contributed by atoms with E-state index in [0.29, 0.717) is 5.56 Å². The molecule has 92 valence electrons. The van der Waals surface area contributed by atoms with E-state index in [2.05, 4.69) is 4.90 Å². The lowest BCUT2D eigenvalue weighted by molar-refractivity contribution is 0.0696. The van der Waals surface area contributed by atoms with Gasteiger partial charge in [0.05, 0.1) is 5.56 Å². The van der Waals surface area contributed by atoms with Crippen molar-refractivity contribution in [2.75, 3.05) is 24.6 Å².